The van der Waals surface area contributed by atoms with Crippen molar-refractivity contribution in [3.05, 3.63) is 24.3 Å². The summed E-state index contributed by atoms with van der Waals surface area (Å²) < 4.78 is 5.33. The van der Waals surface area contributed by atoms with Crippen molar-refractivity contribution in [1.82, 2.24) is 0 Å². The molecule has 0 unspecified atom stereocenters. The third kappa shape index (κ3) is 4.02. The number of rotatable bonds is 2. The van der Waals surface area contributed by atoms with Gasteiger partial charge >= 0.3 is 0 Å². The Hall–Kier alpha value is -1.63. The van der Waals surface area contributed by atoms with E-state index in [-0.39, 0.29) is 30.8 Å². The average molecular weight is 340 g/mol. The van der Waals surface area contributed by atoms with Gasteiger partial charge < -0.3 is 20.7 Å². The van der Waals surface area contributed by atoms with Gasteiger partial charge in [-0.25, -0.2) is 0 Å². The highest BCUT2D eigenvalue weighted by Gasteiger charge is 2.30. The molecule has 2 aliphatic heterocycles. The molecule has 0 aromatic heterocycles. The first-order chi connectivity index (χ1) is 10.6. The van der Waals surface area contributed by atoms with Gasteiger partial charge in [-0.05, 0) is 30.9 Å². The summed E-state index contributed by atoms with van der Waals surface area (Å²) in [6, 6.07) is 6.61. The average Bonchev–Trinajstić information content (AvgIpc) is 2.66. The molecule has 0 spiro atoms. The monoisotopic (exact) mass is 339 g/mol. The van der Waals surface area contributed by atoms with E-state index in [1.165, 1.54) is 0 Å². The first-order valence-corrected chi connectivity index (χ1v) is 7.68. The highest BCUT2D eigenvalue weighted by molar-refractivity contribution is 6.05. The van der Waals surface area contributed by atoms with Crippen LogP contribution in [0.25, 0.3) is 0 Å². The van der Waals surface area contributed by atoms with Crippen molar-refractivity contribution in [3.8, 4) is 0 Å². The summed E-state index contributed by atoms with van der Waals surface area (Å²) in [5.74, 6) is 0.108. The Kier molecular flexibility index (Phi) is 5.98. The van der Waals surface area contributed by atoms with Gasteiger partial charge in [0.1, 0.15) is 6.04 Å². The van der Waals surface area contributed by atoms with Crippen LogP contribution in [-0.2, 0) is 14.3 Å². The number of carbonyl (C=O) groups excluding carboxylic acids is 2. The van der Waals surface area contributed by atoms with Crippen LogP contribution < -0.4 is 16.0 Å². The van der Waals surface area contributed by atoms with Gasteiger partial charge in [-0.15, -0.1) is 12.4 Å². The van der Waals surface area contributed by atoms with Crippen LogP contribution in [0.2, 0.25) is 0 Å². The van der Waals surface area contributed by atoms with E-state index in [9.17, 15) is 9.59 Å². The van der Waals surface area contributed by atoms with Crippen molar-refractivity contribution < 1.29 is 14.3 Å². The number of carbonyl (C=O) groups is 2. The quantitative estimate of drug-likeness (QED) is 0.856. The van der Waals surface area contributed by atoms with Crippen molar-refractivity contribution in [2.75, 3.05) is 30.0 Å². The minimum Gasteiger partial charge on any atom is -0.381 e. The van der Waals surface area contributed by atoms with Gasteiger partial charge in [-0.2, -0.15) is 0 Å². The molecule has 2 amide bonds. The van der Waals surface area contributed by atoms with Crippen molar-refractivity contribution in [2.45, 2.75) is 25.3 Å². The van der Waals surface area contributed by atoms with E-state index in [0.29, 0.717) is 31.2 Å². The number of nitrogens with one attached hydrogen (secondary N) is 1. The lowest BCUT2D eigenvalue weighted by Gasteiger charge is -2.27. The van der Waals surface area contributed by atoms with Gasteiger partial charge in [0.15, 0.2) is 0 Å². The van der Waals surface area contributed by atoms with Crippen LogP contribution in [0.3, 0.4) is 0 Å². The molecule has 2 aliphatic rings. The van der Waals surface area contributed by atoms with Gasteiger partial charge in [-0.3, -0.25) is 9.59 Å². The van der Waals surface area contributed by atoms with E-state index >= 15 is 0 Å². The largest absolute Gasteiger partial charge is 0.381 e. The van der Waals surface area contributed by atoms with Crippen molar-refractivity contribution in [1.29, 1.82) is 0 Å². The van der Waals surface area contributed by atoms with Crippen LogP contribution in [0.15, 0.2) is 24.3 Å². The van der Waals surface area contributed by atoms with E-state index in [1.807, 2.05) is 18.2 Å². The minimum atomic E-state index is -0.717. The molecular formula is C16H22ClN3O3. The lowest BCUT2D eigenvalue weighted by Crippen LogP contribution is -2.45. The second-order valence-electron chi connectivity index (χ2n) is 5.88. The number of ether oxygens (including phenoxy) is 1. The molecule has 1 fully saturated rings. The second-order valence-corrected chi connectivity index (χ2v) is 5.88. The third-order valence-corrected chi connectivity index (χ3v) is 4.27. The fourth-order valence-electron chi connectivity index (χ4n) is 2.96. The summed E-state index contributed by atoms with van der Waals surface area (Å²) in [7, 11) is 0. The summed E-state index contributed by atoms with van der Waals surface area (Å²) in [5.41, 5.74) is 7.26. The zero-order valence-electron chi connectivity index (χ0n) is 12.9. The molecule has 126 valence electrons. The molecule has 0 radical (unpaired) electrons. The van der Waals surface area contributed by atoms with Crippen LogP contribution in [0.4, 0.5) is 11.4 Å². The van der Waals surface area contributed by atoms with Gasteiger partial charge in [-0.1, -0.05) is 12.1 Å². The van der Waals surface area contributed by atoms with Gasteiger partial charge in [0.25, 0.3) is 0 Å². The first kappa shape index (κ1) is 17.7. The lowest BCUT2D eigenvalue weighted by molar-refractivity contribution is -0.120. The van der Waals surface area contributed by atoms with Crippen molar-refractivity contribution >= 4 is 35.6 Å². The van der Waals surface area contributed by atoms with Crippen molar-refractivity contribution in [2.24, 2.45) is 11.7 Å². The predicted molar refractivity (Wildman–Crippen MR) is 90.8 cm³/mol. The number of hydrogen-bond acceptors (Lipinski definition) is 4. The van der Waals surface area contributed by atoms with E-state index in [0.717, 1.165) is 18.5 Å². The first-order valence-electron chi connectivity index (χ1n) is 7.68. The van der Waals surface area contributed by atoms with Crippen LogP contribution in [-0.4, -0.2) is 37.6 Å². The molecule has 3 rings (SSSR count). The SMILES string of the molecule is Cl.N[C@H]1CN(C(=O)CC2CCOCC2)c2ccccc2NC1=O. The number of fused-ring (bicyclic) bond motifs is 1. The maximum absolute atomic E-state index is 12.7. The van der Waals surface area contributed by atoms with E-state index in [2.05, 4.69) is 5.32 Å². The molecule has 3 N–H and O–H groups in total. The summed E-state index contributed by atoms with van der Waals surface area (Å²) in [6.07, 6.45) is 2.29. The fraction of sp³-hybridized carbons (Fsp3) is 0.500. The molecule has 0 saturated carbocycles. The Morgan fingerprint density at radius 1 is 1.30 bits per heavy atom. The zero-order chi connectivity index (χ0) is 15.5. The highest BCUT2D eigenvalue weighted by atomic mass is 35.5. The van der Waals surface area contributed by atoms with Gasteiger partial charge in [0.05, 0.1) is 17.9 Å². The minimum absolute atomic E-state index is 0. The summed E-state index contributed by atoms with van der Waals surface area (Å²) in [6.45, 7) is 1.65. The number of para-hydroxylation sites is 2. The number of hydrogen-bond donors (Lipinski definition) is 2. The molecule has 2 heterocycles. The van der Waals surface area contributed by atoms with Gasteiger partial charge in [0.2, 0.25) is 11.8 Å². The molecule has 6 nitrogen and oxygen atoms in total. The Morgan fingerprint density at radius 3 is 2.74 bits per heavy atom. The van der Waals surface area contributed by atoms with Crippen molar-refractivity contribution in [3.63, 3.8) is 0 Å². The number of nitrogens with zero attached hydrogens (tertiary/aromatic N) is 1. The topological polar surface area (TPSA) is 84.7 Å². The Morgan fingerprint density at radius 2 is 2.00 bits per heavy atom. The number of nitrogens with two attached hydrogens (primary N) is 1. The fourth-order valence-corrected chi connectivity index (χ4v) is 2.96. The van der Waals surface area contributed by atoms with Crippen LogP contribution in [0, 0.1) is 5.92 Å². The molecule has 0 bridgehead atoms. The maximum Gasteiger partial charge on any atom is 0.243 e. The lowest BCUT2D eigenvalue weighted by atomic mass is 9.95. The number of amides is 2. The Labute approximate surface area is 141 Å². The summed E-state index contributed by atoms with van der Waals surface area (Å²) in [5, 5.41) is 2.78. The molecule has 0 aliphatic carbocycles. The summed E-state index contributed by atoms with van der Waals surface area (Å²) in [4.78, 5) is 26.3. The number of anilines is 2. The second kappa shape index (κ2) is 7.77. The van der Waals surface area contributed by atoms with Crippen LogP contribution in [0.5, 0.6) is 0 Å². The molecule has 23 heavy (non-hydrogen) atoms. The van der Waals surface area contributed by atoms with Crippen LogP contribution >= 0.6 is 12.4 Å². The zero-order valence-corrected chi connectivity index (χ0v) is 13.7. The Bertz CT molecular complexity index is 575. The van der Waals surface area contributed by atoms with Gasteiger partial charge in [0, 0.05) is 19.6 Å². The molecule has 1 atom stereocenters. The maximum atomic E-state index is 12.7. The molecular weight excluding hydrogens is 318 g/mol. The Balaban J connectivity index is 0.00000192. The number of benzene rings is 1. The molecule has 7 heteroatoms. The van der Waals surface area contributed by atoms with E-state index < -0.39 is 6.04 Å². The number of halogens is 1. The third-order valence-electron chi connectivity index (χ3n) is 4.27. The van der Waals surface area contributed by atoms with E-state index in [1.54, 1.807) is 11.0 Å². The molecule has 1 saturated heterocycles. The standard InChI is InChI=1S/C16H21N3O3.ClH/c17-12-10-19(15(20)9-11-5-7-22-8-6-11)14-4-2-1-3-13(14)18-16(12)21;/h1-4,11-12H,5-10,17H2,(H,18,21);1H/t12-;/m0./s1. The normalized spacial score (nSPS) is 21.7. The predicted octanol–water partition coefficient (Wildman–Crippen LogP) is 1.54. The molecule has 1 aromatic rings. The summed E-state index contributed by atoms with van der Waals surface area (Å²) >= 11 is 0. The van der Waals surface area contributed by atoms with Crippen LogP contribution in [0.1, 0.15) is 19.3 Å². The highest BCUT2D eigenvalue weighted by Crippen LogP contribution is 2.30. The molecule has 1 aromatic carbocycles. The van der Waals surface area contributed by atoms with E-state index in [4.69, 9.17) is 10.5 Å². The smallest absolute Gasteiger partial charge is 0.243 e.